The molecule has 0 aliphatic heterocycles. The summed E-state index contributed by atoms with van der Waals surface area (Å²) in [5.74, 6) is -0.262. The lowest BCUT2D eigenvalue weighted by Gasteiger charge is -2.13. The standard InChI is InChI=1S/C19H18BrN3O4S2/c1-12-11-28-18(22-12)10-21-19(24)13-3-8-16(27-2)17(9-13)29(25,26)23-15-6-4-14(20)5-7-15/h3-9,11,23H,10H2,1-2H3,(H,21,24). The van der Waals surface area contributed by atoms with E-state index < -0.39 is 15.9 Å². The quantitative estimate of drug-likeness (QED) is 0.516. The molecular formula is C19H18BrN3O4S2. The Bertz CT molecular complexity index is 1130. The number of anilines is 1. The number of methoxy groups -OCH3 is 1. The average molecular weight is 496 g/mol. The van der Waals surface area contributed by atoms with E-state index in [-0.39, 0.29) is 22.8 Å². The molecule has 29 heavy (non-hydrogen) atoms. The number of amides is 1. The second-order valence-corrected chi connectivity index (χ2v) is 9.55. The maximum absolute atomic E-state index is 12.9. The van der Waals surface area contributed by atoms with Crippen LogP contribution in [0.3, 0.4) is 0 Å². The van der Waals surface area contributed by atoms with Crippen LogP contribution in [0, 0.1) is 6.92 Å². The van der Waals surface area contributed by atoms with Gasteiger partial charge in [0.15, 0.2) is 0 Å². The second-order valence-electron chi connectivity index (χ2n) is 6.04. The maximum Gasteiger partial charge on any atom is 0.265 e. The van der Waals surface area contributed by atoms with E-state index in [2.05, 4.69) is 31.0 Å². The smallest absolute Gasteiger partial charge is 0.265 e. The molecule has 1 aromatic heterocycles. The number of hydrogen-bond donors (Lipinski definition) is 2. The fourth-order valence-electron chi connectivity index (χ4n) is 2.50. The predicted octanol–water partition coefficient (Wildman–Crippen LogP) is 3.95. The minimum absolute atomic E-state index is 0.124. The number of nitrogens with zero attached hydrogens (tertiary/aromatic N) is 1. The van der Waals surface area contributed by atoms with Gasteiger partial charge in [-0.2, -0.15) is 0 Å². The molecular weight excluding hydrogens is 478 g/mol. The first-order chi connectivity index (χ1) is 13.8. The van der Waals surface area contributed by atoms with Gasteiger partial charge in [0, 0.05) is 26.8 Å². The van der Waals surface area contributed by atoms with Crippen molar-refractivity contribution in [2.75, 3.05) is 11.8 Å². The Balaban J connectivity index is 1.83. The van der Waals surface area contributed by atoms with Crippen LogP contribution in [-0.4, -0.2) is 26.4 Å². The number of aromatic nitrogens is 1. The molecule has 1 amide bonds. The molecule has 10 heteroatoms. The summed E-state index contributed by atoms with van der Waals surface area (Å²) < 4.78 is 34.3. The van der Waals surface area contributed by atoms with Crippen molar-refractivity contribution < 1.29 is 17.9 Å². The highest BCUT2D eigenvalue weighted by Crippen LogP contribution is 2.27. The first kappa shape index (κ1) is 21.3. The molecule has 0 unspecified atom stereocenters. The largest absolute Gasteiger partial charge is 0.495 e. The van der Waals surface area contributed by atoms with Crippen molar-refractivity contribution in [3.63, 3.8) is 0 Å². The van der Waals surface area contributed by atoms with Gasteiger partial charge < -0.3 is 10.1 Å². The van der Waals surface area contributed by atoms with Gasteiger partial charge in [-0.15, -0.1) is 11.3 Å². The number of nitrogens with one attached hydrogen (secondary N) is 2. The molecule has 0 aliphatic carbocycles. The Kier molecular flexibility index (Phi) is 6.56. The van der Waals surface area contributed by atoms with E-state index in [4.69, 9.17) is 4.74 Å². The van der Waals surface area contributed by atoms with Crippen molar-refractivity contribution in [3.05, 3.63) is 68.6 Å². The number of carbonyl (C=O) groups excluding carboxylic acids is 1. The number of hydrogen-bond acceptors (Lipinski definition) is 6. The van der Waals surface area contributed by atoms with Crippen LogP contribution in [0.2, 0.25) is 0 Å². The van der Waals surface area contributed by atoms with Crippen molar-refractivity contribution in [2.45, 2.75) is 18.4 Å². The van der Waals surface area contributed by atoms with Crippen LogP contribution in [0.4, 0.5) is 5.69 Å². The zero-order valence-corrected chi connectivity index (χ0v) is 18.8. The van der Waals surface area contributed by atoms with E-state index in [1.165, 1.54) is 36.6 Å². The molecule has 1 heterocycles. The predicted molar refractivity (Wildman–Crippen MR) is 116 cm³/mol. The Hall–Kier alpha value is -2.43. The summed E-state index contributed by atoms with van der Waals surface area (Å²) in [6.45, 7) is 2.14. The van der Waals surface area contributed by atoms with Gasteiger partial charge in [-0.05, 0) is 49.4 Å². The zero-order valence-electron chi connectivity index (χ0n) is 15.6. The van der Waals surface area contributed by atoms with Crippen LogP contribution in [0.1, 0.15) is 21.1 Å². The molecule has 2 aromatic carbocycles. The highest BCUT2D eigenvalue weighted by atomic mass is 79.9. The van der Waals surface area contributed by atoms with Crippen LogP contribution in [0.25, 0.3) is 0 Å². The fraction of sp³-hybridized carbons (Fsp3) is 0.158. The molecule has 0 bridgehead atoms. The molecule has 0 radical (unpaired) electrons. The van der Waals surface area contributed by atoms with Gasteiger partial charge in [-0.1, -0.05) is 15.9 Å². The summed E-state index contributed by atoms with van der Waals surface area (Å²) in [5, 5.41) is 5.42. The van der Waals surface area contributed by atoms with E-state index in [1.807, 2.05) is 12.3 Å². The van der Waals surface area contributed by atoms with Gasteiger partial charge in [-0.3, -0.25) is 9.52 Å². The summed E-state index contributed by atoms with van der Waals surface area (Å²) in [6, 6.07) is 11.0. The van der Waals surface area contributed by atoms with E-state index in [9.17, 15) is 13.2 Å². The number of carbonyl (C=O) groups is 1. The number of benzene rings is 2. The molecule has 0 saturated carbocycles. The molecule has 0 fully saturated rings. The molecule has 152 valence electrons. The Labute approximate surface area is 181 Å². The van der Waals surface area contributed by atoms with Crippen molar-refractivity contribution in [2.24, 2.45) is 0 Å². The Morgan fingerprint density at radius 1 is 1.21 bits per heavy atom. The lowest BCUT2D eigenvalue weighted by molar-refractivity contribution is 0.0950. The molecule has 0 aliphatic rings. The third-order valence-electron chi connectivity index (χ3n) is 3.88. The van der Waals surface area contributed by atoms with E-state index in [0.29, 0.717) is 5.69 Å². The second kappa shape index (κ2) is 8.93. The number of halogens is 1. The molecule has 0 spiro atoms. The van der Waals surface area contributed by atoms with Crippen molar-refractivity contribution in [3.8, 4) is 5.75 Å². The summed E-state index contributed by atoms with van der Waals surface area (Å²) in [5.41, 5.74) is 1.48. The average Bonchev–Trinajstić information content (AvgIpc) is 3.12. The van der Waals surface area contributed by atoms with Crippen molar-refractivity contribution >= 4 is 48.9 Å². The zero-order chi connectivity index (χ0) is 21.0. The van der Waals surface area contributed by atoms with Crippen molar-refractivity contribution in [1.82, 2.24) is 10.3 Å². The first-order valence-corrected chi connectivity index (χ1v) is 11.6. The van der Waals surface area contributed by atoms with E-state index in [1.54, 1.807) is 24.3 Å². The Morgan fingerprint density at radius 2 is 1.93 bits per heavy atom. The maximum atomic E-state index is 12.9. The van der Waals surface area contributed by atoms with Crippen LogP contribution >= 0.6 is 27.3 Å². The number of thiazole rings is 1. The normalized spacial score (nSPS) is 11.1. The van der Waals surface area contributed by atoms with E-state index >= 15 is 0 Å². The van der Waals surface area contributed by atoms with Gasteiger partial charge in [0.25, 0.3) is 15.9 Å². The first-order valence-electron chi connectivity index (χ1n) is 8.44. The highest BCUT2D eigenvalue weighted by molar-refractivity contribution is 9.10. The summed E-state index contributed by atoms with van der Waals surface area (Å²) in [7, 11) is -2.60. The summed E-state index contributed by atoms with van der Waals surface area (Å²) in [6.07, 6.45) is 0. The van der Waals surface area contributed by atoms with Crippen LogP contribution in [0.5, 0.6) is 5.75 Å². The van der Waals surface area contributed by atoms with Gasteiger partial charge in [-0.25, -0.2) is 13.4 Å². The SMILES string of the molecule is COc1ccc(C(=O)NCc2nc(C)cs2)cc1S(=O)(=O)Nc1ccc(Br)cc1. The molecule has 3 rings (SSSR count). The topological polar surface area (TPSA) is 97.4 Å². The van der Waals surface area contributed by atoms with Gasteiger partial charge in [0.2, 0.25) is 0 Å². The van der Waals surface area contributed by atoms with Crippen LogP contribution in [-0.2, 0) is 16.6 Å². The Morgan fingerprint density at radius 3 is 2.55 bits per heavy atom. The molecule has 0 saturated heterocycles. The molecule has 2 N–H and O–H groups in total. The molecule has 3 aromatic rings. The minimum atomic E-state index is -3.97. The lowest BCUT2D eigenvalue weighted by Crippen LogP contribution is -2.23. The monoisotopic (exact) mass is 495 g/mol. The number of sulfonamides is 1. The van der Waals surface area contributed by atoms with E-state index in [0.717, 1.165) is 15.2 Å². The molecule has 0 atom stereocenters. The summed E-state index contributed by atoms with van der Waals surface area (Å²) in [4.78, 5) is 16.7. The van der Waals surface area contributed by atoms with Crippen LogP contribution < -0.4 is 14.8 Å². The molecule has 7 nitrogen and oxygen atoms in total. The highest BCUT2D eigenvalue weighted by Gasteiger charge is 2.22. The number of ether oxygens (including phenoxy) is 1. The number of rotatable bonds is 7. The fourth-order valence-corrected chi connectivity index (χ4v) is 4.73. The lowest BCUT2D eigenvalue weighted by atomic mass is 10.2. The van der Waals surface area contributed by atoms with Crippen molar-refractivity contribution in [1.29, 1.82) is 0 Å². The third-order valence-corrected chi connectivity index (χ3v) is 6.78. The van der Waals surface area contributed by atoms with Crippen LogP contribution in [0.15, 0.2) is 57.2 Å². The number of aryl methyl sites for hydroxylation is 1. The summed E-state index contributed by atoms with van der Waals surface area (Å²) >= 11 is 4.75. The van der Waals surface area contributed by atoms with Gasteiger partial charge in [0.1, 0.15) is 15.7 Å². The van der Waals surface area contributed by atoms with Gasteiger partial charge >= 0.3 is 0 Å². The third kappa shape index (κ3) is 5.34. The van der Waals surface area contributed by atoms with Gasteiger partial charge in [0.05, 0.1) is 13.7 Å². The minimum Gasteiger partial charge on any atom is -0.495 e.